The van der Waals surface area contributed by atoms with Crippen LogP contribution in [0.3, 0.4) is 0 Å². The molecule has 0 atom stereocenters. The third-order valence-corrected chi connectivity index (χ3v) is 3.79. The van der Waals surface area contributed by atoms with E-state index in [9.17, 15) is 0 Å². The molecule has 0 saturated carbocycles. The molecule has 2 nitrogen and oxygen atoms in total. The van der Waals surface area contributed by atoms with Gasteiger partial charge >= 0.3 is 0 Å². The lowest BCUT2D eigenvalue weighted by molar-refractivity contribution is 0.121. The van der Waals surface area contributed by atoms with Gasteiger partial charge in [-0.25, -0.2) is 0 Å². The third kappa shape index (κ3) is 7.32. The molecule has 0 aromatic rings. The second-order valence-corrected chi connectivity index (χ2v) is 6.12. The van der Waals surface area contributed by atoms with E-state index in [1.165, 1.54) is 65.0 Å². The van der Waals surface area contributed by atoms with E-state index in [4.69, 9.17) is 0 Å². The third-order valence-electron chi connectivity index (χ3n) is 3.47. The van der Waals surface area contributed by atoms with Gasteiger partial charge in [-0.1, -0.05) is 26.7 Å². The average molecular weight is 258 g/mol. The molecular weight excluding hydrogens is 228 g/mol. The van der Waals surface area contributed by atoms with Crippen molar-refractivity contribution in [3.05, 3.63) is 0 Å². The zero-order chi connectivity index (χ0) is 12.5. The number of nitrogens with zero attached hydrogens (tertiary/aromatic N) is 2. The predicted octanol–water partition coefficient (Wildman–Crippen LogP) is 2.75. The van der Waals surface area contributed by atoms with Gasteiger partial charge in [0.15, 0.2) is 0 Å². The van der Waals surface area contributed by atoms with Gasteiger partial charge in [0.1, 0.15) is 0 Å². The topological polar surface area (TPSA) is 6.48 Å². The second-order valence-electron chi connectivity index (χ2n) is 5.67. The van der Waals surface area contributed by atoms with Crippen LogP contribution < -0.4 is 0 Å². The van der Waals surface area contributed by atoms with Crippen molar-refractivity contribution in [2.75, 3.05) is 45.0 Å². The smallest absolute Gasteiger partial charge is 0.0110 e. The molecule has 0 aliphatic carbocycles. The molecule has 0 bridgehead atoms. The first-order valence-electron chi connectivity index (χ1n) is 7.28. The summed E-state index contributed by atoms with van der Waals surface area (Å²) in [6.07, 6.45) is 5.40. The highest BCUT2D eigenvalue weighted by atomic mass is 32.1. The molecule has 1 aliphatic rings. The molecule has 0 radical (unpaired) electrons. The molecule has 3 heteroatoms. The first-order chi connectivity index (χ1) is 8.22. The maximum Gasteiger partial charge on any atom is 0.0110 e. The minimum absolute atomic E-state index is 0.808. The maximum absolute atomic E-state index is 4.25. The van der Waals surface area contributed by atoms with Crippen LogP contribution in [0.25, 0.3) is 0 Å². The Morgan fingerprint density at radius 2 is 1.47 bits per heavy atom. The van der Waals surface area contributed by atoms with Crippen LogP contribution in [0.15, 0.2) is 0 Å². The summed E-state index contributed by atoms with van der Waals surface area (Å²) in [6, 6.07) is 0. The zero-order valence-electron chi connectivity index (χ0n) is 11.7. The molecule has 1 aliphatic heterocycles. The minimum Gasteiger partial charge on any atom is -0.301 e. The second kappa shape index (κ2) is 9.23. The van der Waals surface area contributed by atoms with Crippen molar-refractivity contribution in [1.82, 2.24) is 9.80 Å². The molecule has 1 fully saturated rings. The summed E-state index contributed by atoms with van der Waals surface area (Å²) >= 11 is 4.25. The molecule has 0 unspecified atom stereocenters. The summed E-state index contributed by atoms with van der Waals surface area (Å²) in [6.45, 7) is 12.3. The first-order valence-corrected chi connectivity index (χ1v) is 7.91. The summed E-state index contributed by atoms with van der Waals surface area (Å²) in [7, 11) is 0. The fraction of sp³-hybridized carbons (Fsp3) is 1.00. The minimum atomic E-state index is 0.808. The SMILES string of the molecule is CC(C)CN1CCN(CCCCCCS)CC1. The van der Waals surface area contributed by atoms with Crippen LogP contribution in [0.1, 0.15) is 39.5 Å². The molecular formula is C14H30N2S. The Hall–Kier alpha value is 0.270. The summed E-state index contributed by atoms with van der Waals surface area (Å²) in [5, 5.41) is 0. The van der Waals surface area contributed by atoms with Gasteiger partial charge in [-0.05, 0) is 31.1 Å². The lowest BCUT2D eigenvalue weighted by atomic mass is 10.1. The van der Waals surface area contributed by atoms with E-state index in [1.807, 2.05) is 0 Å². The normalized spacial score (nSPS) is 19.1. The van der Waals surface area contributed by atoms with E-state index in [0.717, 1.165) is 11.7 Å². The van der Waals surface area contributed by atoms with Crippen molar-refractivity contribution < 1.29 is 0 Å². The summed E-state index contributed by atoms with van der Waals surface area (Å²) < 4.78 is 0. The Labute approximate surface area is 113 Å². The summed E-state index contributed by atoms with van der Waals surface area (Å²) in [5.41, 5.74) is 0. The number of unbranched alkanes of at least 4 members (excludes halogenated alkanes) is 3. The van der Waals surface area contributed by atoms with Crippen molar-refractivity contribution >= 4 is 12.6 Å². The van der Waals surface area contributed by atoms with Crippen molar-refractivity contribution in [1.29, 1.82) is 0 Å². The van der Waals surface area contributed by atoms with Crippen LogP contribution in [-0.2, 0) is 0 Å². The lowest BCUT2D eigenvalue weighted by Crippen LogP contribution is -2.47. The fourth-order valence-corrected chi connectivity index (χ4v) is 2.74. The number of thiol groups is 1. The van der Waals surface area contributed by atoms with E-state index in [2.05, 4.69) is 36.3 Å². The van der Waals surface area contributed by atoms with Crippen LogP contribution in [0, 0.1) is 5.92 Å². The Morgan fingerprint density at radius 1 is 0.882 bits per heavy atom. The van der Waals surface area contributed by atoms with Crippen LogP contribution in [0.4, 0.5) is 0 Å². The first kappa shape index (κ1) is 15.3. The highest BCUT2D eigenvalue weighted by Crippen LogP contribution is 2.07. The van der Waals surface area contributed by atoms with Gasteiger partial charge in [0, 0.05) is 32.7 Å². The average Bonchev–Trinajstić information content (AvgIpc) is 2.30. The number of hydrogen-bond acceptors (Lipinski definition) is 3. The molecule has 0 aromatic heterocycles. The molecule has 102 valence electrons. The van der Waals surface area contributed by atoms with Gasteiger partial charge in [0.05, 0.1) is 0 Å². The Bertz CT molecular complexity index is 177. The van der Waals surface area contributed by atoms with Gasteiger partial charge < -0.3 is 9.80 Å². The fourth-order valence-electron chi connectivity index (χ4n) is 2.51. The Morgan fingerprint density at radius 3 is 2.06 bits per heavy atom. The van der Waals surface area contributed by atoms with Gasteiger partial charge in [-0.3, -0.25) is 0 Å². The maximum atomic E-state index is 4.25. The monoisotopic (exact) mass is 258 g/mol. The van der Waals surface area contributed by atoms with Crippen molar-refractivity contribution in [3.63, 3.8) is 0 Å². The molecule has 1 rings (SSSR count). The quantitative estimate of drug-likeness (QED) is 0.528. The highest BCUT2D eigenvalue weighted by Gasteiger charge is 2.16. The van der Waals surface area contributed by atoms with Crippen molar-refractivity contribution in [2.45, 2.75) is 39.5 Å². The molecule has 1 heterocycles. The molecule has 17 heavy (non-hydrogen) atoms. The zero-order valence-corrected chi connectivity index (χ0v) is 12.6. The largest absolute Gasteiger partial charge is 0.301 e. The van der Waals surface area contributed by atoms with E-state index < -0.39 is 0 Å². The van der Waals surface area contributed by atoms with Crippen molar-refractivity contribution in [3.8, 4) is 0 Å². The van der Waals surface area contributed by atoms with Crippen LogP contribution >= 0.6 is 12.6 Å². The molecule has 0 spiro atoms. The van der Waals surface area contributed by atoms with E-state index in [0.29, 0.717) is 0 Å². The molecule has 0 aromatic carbocycles. The van der Waals surface area contributed by atoms with E-state index in [1.54, 1.807) is 0 Å². The summed E-state index contributed by atoms with van der Waals surface area (Å²) in [5.74, 6) is 1.86. The van der Waals surface area contributed by atoms with Crippen LogP contribution in [0.2, 0.25) is 0 Å². The van der Waals surface area contributed by atoms with Crippen molar-refractivity contribution in [2.24, 2.45) is 5.92 Å². The predicted molar refractivity (Wildman–Crippen MR) is 80.0 cm³/mol. The van der Waals surface area contributed by atoms with Gasteiger partial charge in [-0.15, -0.1) is 0 Å². The number of hydrogen-bond donors (Lipinski definition) is 1. The van der Waals surface area contributed by atoms with Gasteiger partial charge in [0.25, 0.3) is 0 Å². The molecule has 1 saturated heterocycles. The van der Waals surface area contributed by atoms with Gasteiger partial charge in [0.2, 0.25) is 0 Å². The molecule has 0 amide bonds. The van der Waals surface area contributed by atoms with E-state index >= 15 is 0 Å². The Kier molecular flexibility index (Phi) is 8.33. The van der Waals surface area contributed by atoms with Crippen LogP contribution in [0.5, 0.6) is 0 Å². The standard InChI is InChI=1S/C14H30N2S/c1-14(2)13-16-10-8-15(9-11-16)7-5-3-4-6-12-17/h14,17H,3-13H2,1-2H3. The Balaban J connectivity index is 1.99. The lowest BCUT2D eigenvalue weighted by Gasteiger charge is -2.35. The molecule has 0 N–H and O–H groups in total. The van der Waals surface area contributed by atoms with Gasteiger partial charge in [-0.2, -0.15) is 12.6 Å². The number of piperazine rings is 1. The van der Waals surface area contributed by atoms with E-state index in [-0.39, 0.29) is 0 Å². The van der Waals surface area contributed by atoms with Crippen LogP contribution in [-0.4, -0.2) is 54.8 Å². The highest BCUT2D eigenvalue weighted by molar-refractivity contribution is 7.80. The summed E-state index contributed by atoms with van der Waals surface area (Å²) in [4.78, 5) is 5.25. The number of rotatable bonds is 8.